The summed E-state index contributed by atoms with van der Waals surface area (Å²) in [4.78, 5) is 18.7. The number of nitrogens with one attached hydrogen (secondary N) is 1. The molecular weight excluding hydrogens is 462 g/mol. The molecule has 2 saturated heterocycles. The minimum atomic E-state index is -3.61. The SMILES string of the molecule is COc1ccc2[nH]cc(C3CCN(C(=O)c4cccc(S(=O)(=O)N5CCCCC5C)c4)CC3)c2c1. The zero-order valence-electron chi connectivity index (χ0n) is 20.4. The molecule has 3 heterocycles. The summed E-state index contributed by atoms with van der Waals surface area (Å²) in [6.07, 6.45) is 6.59. The summed E-state index contributed by atoms with van der Waals surface area (Å²) in [6.45, 7) is 3.77. The number of piperidine rings is 2. The molecule has 186 valence electrons. The van der Waals surface area contributed by atoms with Crippen LogP contribution in [0, 0.1) is 0 Å². The van der Waals surface area contributed by atoms with Crippen LogP contribution in [0.3, 0.4) is 0 Å². The smallest absolute Gasteiger partial charge is 0.253 e. The van der Waals surface area contributed by atoms with E-state index in [4.69, 9.17) is 4.74 Å². The van der Waals surface area contributed by atoms with Crippen LogP contribution in [0.2, 0.25) is 0 Å². The molecule has 1 aromatic heterocycles. The fourth-order valence-corrected chi connectivity index (χ4v) is 7.26. The van der Waals surface area contributed by atoms with Gasteiger partial charge < -0.3 is 14.6 Å². The highest BCUT2D eigenvalue weighted by Gasteiger charge is 2.32. The van der Waals surface area contributed by atoms with Gasteiger partial charge in [-0.25, -0.2) is 8.42 Å². The van der Waals surface area contributed by atoms with Crippen LogP contribution in [-0.4, -0.2) is 61.3 Å². The maximum atomic E-state index is 13.3. The van der Waals surface area contributed by atoms with E-state index in [-0.39, 0.29) is 16.8 Å². The van der Waals surface area contributed by atoms with Crippen molar-refractivity contribution in [2.24, 2.45) is 0 Å². The number of hydrogen-bond acceptors (Lipinski definition) is 4. The Labute approximate surface area is 207 Å². The number of hydrogen-bond donors (Lipinski definition) is 1. The van der Waals surface area contributed by atoms with E-state index in [9.17, 15) is 13.2 Å². The third-order valence-corrected chi connectivity index (χ3v) is 9.58. The number of carbonyl (C=O) groups is 1. The first-order chi connectivity index (χ1) is 16.9. The van der Waals surface area contributed by atoms with Crippen molar-refractivity contribution < 1.29 is 17.9 Å². The zero-order valence-corrected chi connectivity index (χ0v) is 21.2. The van der Waals surface area contributed by atoms with Gasteiger partial charge in [0, 0.05) is 48.3 Å². The molecule has 8 heteroatoms. The first kappa shape index (κ1) is 23.9. The molecule has 0 radical (unpaired) electrons. The zero-order chi connectivity index (χ0) is 24.6. The average Bonchev–Trinajstić information content (AvgIpc) is 3.32. The van der Waals surface area contributed by atoms with Gasteiger partial charge in [0.15, 0.2) is 0 Å². The van der Waals surface area contributed by atoms with E-state index in [1.807, 2.05) is 24.0 Å². The Morgan fingerprint density at radius 3 is 2.57 bits per heavy atom. The lowest BCUT2D eigenvalue weighted by Gasteiger charge is -2.33. The maximum absolute atomic E-state index is 13.3. The van der Waals surface area contributed by atoms with Gasteiger partial charge in [-0.15, -0.1) is 0 Å². The number of benzene rings is 2. The van der Waals surface area contributed by atoms with Gasteiger partial charge in [-0.2, -0.15) is 4.31 Å². The third-order valence-electron chi connectivity index (χ3n) is 7.57. The van der Waals surface area contributed by atoms with Gasteiger partial charge in [-0.1, -0.05) is 12.5 Å². The minimum absolute atomic E-state index is 0.0170. The molecular formula is C27H33N3O4S. The number of sulfonamides is 1. The van der Waals surface area contributed by atoms with Crippen LogP contribution in [0.15, 0.2) is 53.6 Å². The van der Waals surface area contributed by atoms with Crippen LogP contribution < -0.4 is 4.74 Å². The van der Waals surface area contributed by atoms with Crippen molar-refractivity contribution in [3.8, 4) is 5.75 Å². The Bertz CT molecular complexity index is 1330. The molecule has 2 aliphatic rings. The lowest BCUT2D eigenvalue weighted by Crippen LogP contribution is -2.42. The van der Waals surface area contributed by atoms with E-state index < -0.39 is 10.0 Å². The van der Waals surface area contributed by atoms with E-state index in [2.05, 4.69) is 17.2 Å². The molecule has 1 unspecified atom stereocenters. The van der Waals surface area contributed by atoms with E-state index in [1.54, 1.807) is 35.7 Å². The number of ether oxygens (including phenoxy) is 1. The van der Waals surface area contributed by atoms with E-state index >= 15 is 0 Å². The lowest BCUT2D eigenvalue weighted by atomic mass is 9.89. The number of methoxy groups -OCH3 is 1. The van der Waals surface area contributed by atoms with Crippen LogP contribution in [0.1, 0.15) is 60.9 Å². The van der Waals surface area contributed by atoms with Crippen molar-refractivity contribution >= 4 is 26.8 Å². The molecule has 0 spiro atoms. The van der Waals surface area contributed by atoms with Crippen LogP contribution in [0.5, 0.6) is 5.75 Å². The monoisotopic (exact) mass is 495 g/mol. The molecule has 5 rings (SSSR count). The van der Waals surface area contributed by atoms with Gasteiger partial charge in [0.05, 0.1) is 12.0 Å². The standard InChI is InChI=1S/C27H33N3O4S/c1-19-6-3-4-13-30(19)35(32,33)23-8-5-7-21(16-23)27(31)29-14-11-20(12-15-29)25-18-28-26-10-9-22(34-2)17-24(25)26/h5,7-10,16-20,28H,3-4,6,11-15H2,1-2H3. The molecule has 1 amide bonds. The van der Waals surface area contributed by atoms with Crippen molar-refractivity contribution in [3.05, 3.63) is 59.8 Å². The first-order valence-electron chi connectivity index (χ1n) is 12.4. The minimum Gasteiger partial charge on any atom is -0.497 e. The fourth-order valence-electron chi connectivity index (χ4n) is 5.52. The average molecular weight is 496 g/mol. The van der Waals surface area contributed by atoms with Crippen LogP contribution in [0.4, 0.5) is 0 Å². The van der Waals surface area contributed by atoms with Crippen molar-refractivity contribution in [2.45, 2.75) is 55.9 Å². The topological polar surface area (TPSA) is 82.7 Å². The Kier molecular flexibility index (Phi) is 6.59. The number of aromatic amines is 1. The highest BCUT2D eigenvalue weighted by molar-refractivity contribution is 7.89. The van der Waals surface area contributed by atoms with E-state index in [0.29, 0.717) is 31.1 Å². The summed E-state index contributed by atoms with van der Waals surface area (Å²) in [7, 11) is -1.94. The summed E-state index contributed by atoms with van der Waals surface area (Å²) in [5.74, 6) is 1.08. The fraction of sp³-hybridized carbons (Fsp3) is 0.444. The molecule has 2 aromatic carbocycles. The molecule has 35 heavy (non-hydrogen) atoms. The number of rotatable bonds is 5. The third kappa shape index (κ3) is 4.57. The van der Waals surface area contributed by atoms with E-state index in [1.165, 1.54) is 10.9 Å². The predicted octanol–water partition coefficient (Wildman–Crippen LogP) is 4.76. The normalized spacial score (nSPS) is 20.3. The molecule has 2 fully saturated rings. The van der Waals surface area contributed by atoms with Crippen molar-refractivity contribution in [1.29, 1.82) is 0 Å². The largest absolute Gasteiger partial charge is 0.497 e. The van der Waals surface area contributed by atoms with Gasteiger partial charge in [0.2, 0.25) is 10.0 Å². The Balaban J connectivity index is 1.30. The summed E-state index contributed by atoms with van der Waals surface area (Å²) in [6, 6.07) is 12.6. The number of aromatic nitrogens is 1. The molecule has 0 bridgehead atoms. The number of fused-ring (bicyclic) bond motifs is 1. The quantitative estimate of drug-likeness (QED) is 0.553. The summed E-state index contributed by atoms with van der Waals surface area (Å²) in [5.41, 5.74) is 2.78. The Morgan fingerprint density at radius 2 is 1.83 bits per heavy atom. The molecule has 7 nitrogen and oxygen atoms in total. The second kappa shape index (κ2) is 9.66. The maximum Gasteiger partial charge on any atom is 0.253 e. The molecule has 2 aliphatic heterocycles. The number of nitrogens with zero attached hydrogens (tertiary/aromatic N) is 2. The number of likely N-dealkylation sites (tertiary alicyclic amines) is 1. The molecule has 0 saturated carbocycles. The molecule has 1 N–H and O–H groups in total. The number of amides is 1. The second-order valence-electron chi connectivity index (χ2n) is 9.71. The van der Waals surface area contributed by atoms with Gasteiger partial charge in [-0.3, -0.25) is 4.79 Å². The van der Waals surface area contributed by atoms with Crippen molar-refractivity contribution in [1.82, 2.24) is 14.2 Å². The van der Waals surface area contributed by atoms with Gasteiger partial charge in [0.1, 0.15) is 5.75 Å². The van der Waals surface area contributed by atoms with E-state index in [0.717, 1.165) is 43.4 Å². The van der Waals surface area contributed by atoms with Crippen LogP contribution >= 0.6 is 0 Å². The first-order valence-corrected chi connectivity index (χ1v) is 13.9. The second-order valence-corrected chi connectivity index (χ2v) is 11.6. The molecule has 3 aromatic rings. The van der Waals surface area contributed by atoms with Gasteiger partial charge in [-0.05, 0) is 80.5 Å². The summed E-state index contributed by atoms with van der Waals surface area (Å²) >= 11 is 0. The van der Waals surface area contributed by atoms with Crippen molar-refractivity contribution in [3.63, 3.8) is 0 Å². The van der Waals surface area contributed by atoms with Crippen molar-refractivity contribution in [2.75, 3.05) is 26.7 Å². The van der Waals surface area contributed by atoms with Gasteiger partial charge in [0.25, 0.3) is 5.91 Å². The number of carbonyl (C=O) groups excluding carboxylic acids is 1. The number of H-pyrrole nitrogens is 1. The predicted molar refractivity (Wildman–Crippen MR) is 136 cm³/mol. The lowest BCUT2D eigenvalue weighted by molar-refractivity contribution is 0.0713. The Hall–Kier alpha value is -2.84. The molecule has 1 atom stereocenters. The van der Waals surface area contributed by atoms with Crippen LogP contribution in [0.25, 0.3) is 10.9 Å². The highest BCUT2D eigenvalue weighted by Crippen LogP contribution is 2.35. The van der Waals surface area contributed by atoms with Crippen LogP contribution in [-0.2, 0) is 10.0 Å². The summed E-state index contributed by atoms with van der Waals surface area (Å²) in [5, 5.41) is 1.17. The van der Waals surface area contributed by atoms with Gasteiger partial charge >= 0.3 is 0 Å². The molecule has 0 aliphatic carbocycles. The summed E-state index contributed by atoms with van der Waals surface area (Å²) < 4.78 is 33.5. The highest BCUT2D eigenvalue weighted by atomic mass is 32.2. The Morgan fingerprint density at radius 1 is 1.03 bits per heavy atom.